The van der Waals surface area contributed by atoms with Gasteiger partial charge in [0.05, 0.1) is 6.54 Å². The molecule has 3 rings (SSSR count). The highest BCUT2D eigenvalue weighted by Crippen LogP contribution is 2.26. The van der Waals surface area contributed by atoms with Crippen LogP contribution in [0.4, 0.5) is 0 Å². The first-order valence-electron chi connectivity index (χ1n) is 8.31. The molecule has 8 heteroatoms. The molecule has 1 amide bonds. The fourth-order valence-electron chi connectivity index (χ4n) is 3.12. The van der Waals surface area contributed by atoms with Crippen LogP contribution in [0.5, 0.6) is 0 Å². The molecule has 1 fully saturated rings. The van der Waals surface area contributed by atoms with E-state index in [1.165, 1.54) is 0 Å². The monoisotopic (exact) mass is 343 g/mol. The lowest BCUT2D eigenvalue weighted by molar-refractivity contribution is -0.139. The summed E-state index contributed by atoms with van der Waals surface area (Å²) in [5.74, 6) is -1.10. The number of carboxylic acid groups (broad SMARTS) is 1. The molecular weight excluding hydrogens is 322 g/mol. The Morgan fingerprint density at radius 2 is 2.00 bits per heavy atom. The first-order chi connectivity index (χ1) is 12.1. The average molecular weight is 343 g/mol. The van der Waals surface area contributed by atoms with Crippen LogP contribution >= 0.6 is 0 Å². The summed E-state index contributed by atoms with van der Waals surface area (Å²) in [5, 5.41) is 22.4. The number of likely N-dealkylation sites (N-methyl/N-ethyl adjacent to an activating group) is 1. The normalized spacial score (nSPS) is 19.4. The maximum atomic E-state index is 12.5. The lowest BCUT2D eigenvalue weighted by atomic mass is 9.85. The highest BCUT2D eigenvalue weighted by molar-refractivity contribution is 5.98. The Hall–Kier alpha value is -2.74. The zero-order valence-electron chi connectivity index (χ0n) is 14.0. The topological polar surface area (TPSA) is 111 Å². The Bertz CT molecular complexity index is 740. The number of aromatic amines is 1. The SMILES string of the molecule is CCN(CC(=O)O)C1CC(NC(=O)c2n[nH]nc2-c2ccccc2)C1. The molecule has 0 aliphatic heterocycles. The van der Waals surface area contributed by atoms with Crippen LogP contribution in [0, 0.1) is 0 Å². The second-order valence-corrected chi connectivity index (χ2v) is 6.14. The lowest BCUT2D eigenvalue weighted by Gasteiger charge is -2.42. The van der Waals surface area contributed by atoms with Gasteiger partial charge in [0.25, 0.3) is 5.91 Å². The van der Waals surface area contributed by atoms with Crippen LogP contribution in [-0.2, 0) is 4.79 Å². The number of nitrogens with one attached hydrogen (secondary N) is 2. The van der Waals surface area contributed by atoms with E-state index in [9.17, 15) is 9.59 Å². The van der Waals surface area contributed by atoms with Gasteiger partial charge in [-0.15, -0.1) is 0 Å². The molecule has 2 aromatic rings. The molecule has 8 nitrogen and oxygen atoms in total. The van der Waals surface area contributed by atoms with Gasteiger partial charge in [-0.05, 0) is 19.4 Å². The van der Waals surface area contributed by atoms with E-state index in [0.717, 1.165) is 18.4 Å². The number of carboxylic acids is 1. The van der Waals surface area contributed by atoms with Gasteiger partial charge in [-0.2, -0.15) is 15.4 Å². The molecule has 1 aliphatic rings. The summed E-state index contributed by atoms with van der Waals surface area (Å²) in [6, 6.07) is 9.62. The van der Waals surface area contributed by atoms with Crippen LogP contribution in [0.15, 0.2) is 30.3 Å². The Morgan fingerprint density at radius 1 is 1.28 bits per heavy atom. The lowest BCUT2D eigenvalue weighted by Crippen LogP contribution is -2.54. The second kappa shape index (κ2) is 7.43. The third kappa shape index (κ3) is 3.85. The van der Waals surface area contributed by atoms with Gasteiger partial charge in [0, 0.05) is 17.6 Å². The molecule has 1 aromatic heterocycles. The van der Waals surface area contributed by atoms with Gasteiger partial charge in [-0.25, -0.2) is 0 Å². The van der Waals surface area contributed by atoms with Gasteiger partial charge < -0.3 is 10.4 Å². The quantitative estimate of drug-likeness (QED) is 0.695. The summed E-state index contributed by atoms with van der Waals surface area (Å²) >= 11 is 0. The first kappa shape index (κ1) is 17.1. The molecule has 132 valence electrons. The van der Waals surface area contributed by atoms with Crippen LogP contribution in [0.25, 0.3) is 11.3 Å². The van der Waals surface area contributed by atoms with E-state index in [4.69, 9.17) is 5.11 Å². The number of benzene rings is 1. The van der Waals surface area contributed by atoms with Crippen molar-refractivity contribution in [3.63, 3.8) is 0 Å². The Morgan fingerprint density at radius 3 is 2.64 bits per heavy atom. The van der Waals surface area contributed by atoms with Crippen molar-refractivity contribution in [1.29, 1.82) is 0 Å². The number of aliphatic carboxylic acids is 1. The fraction of sp³-hybridized carbons (Fsp3) is 0.412. The van der Waals surface area contributed by atoms with Crippen molar-refractivity contribution in [1.82, 2.24) is 25.6 Å². The fourth-order valence-corrected chi connectivity index (χ4v) is 3.12. The van der Waals surface area contributed by atoms with Gasteiger partial charge in [0.1, 0.15) is 5.69 Å². The molecule has 25 heavy (non-hydrogen) atoms. The maximum Gasteiger partial charge on any atom is 0.317 e. The van der Waals surface area contributed by atoms with Gasteiger partial charge in [0.2, 0.25) is 0 Å². The van der Waals surface area contributed by atoms with Crippen LogP contribution in [0.1, 0.15) is 30.3 Å². The minimum Gasteiger partial charge on any atom is -0.480 e. The number of aromatic nitrogens is 3. The summed E-state index contributed by atoms with van der Waals surface area (Å²) in [4.78, 5) is 25.3. The average Bonchev–Trinajstić information content (AvgIpc) is 3.06. The molecule has 3 N–H and O–H groups in total. The van der Waals surface area contributed by atoms with Crippen molar-refractivity contribution in [2.24, 2.45) is 0 Å². The van der Waals surface area contributed by atoms with Gasteiger partial charge in [-0.1, -0.05) is 37.3 Å². The smallest absolute Gasteiger partial charge is 0.317 e. The number of hydrogen-bond donors (Lipinski definition) is 3. The van der Waals surface area contributed by atoms with Crippen LogP contribution in [0.2, 0.25) is 0 Å². The number of amides is 1. The summed E-state index contributed by atoms with van der Waals surface area (Å²) in [5.41, 5.74) is 1.62. The summed E-state index contributed by atoms with van der Waals surface area (Å²) in [7, 11) is 0. The van der Waals surface area contributed by atoms with E-state index >= 15 is 0 Å². The van der Waals surface area contributed by atoms with E-state index in [0.29, 0.717) is 12.2 Å². The van der Waals surface area contributed by atoms with Crippen molar-refractivity contribution in [3.8, 4) is 11.3 Å². The minimum atomic E-state index is -0.829. The predicted octanol–water partition coefficient (Wildman–Crippen LogP) is 1.14. The summed E-state index contributed by atoms with van der Waals surface area (Å²) in [6.07, 6.45) is 1.48. The molecule has 1 saturated carbocycles. The Kier molecular flexibility index (Phi) is 5.08. The molecular formula is C17H21N5O3. The predicted molar refractivity (Wildman–Crippen MR) is 91.0 cm³/mol. The number of carbonyl (C=O) groups excluding carboxylic acids is 1. The molecule has 0 radical (unpaired) electrons. The van der Waals surface area contributed by atoms with Crippen LogP contribution in [0.3, 0.4) is 0 Å². The summed E-state index contributed by atoms with van der Waals surface area (Å²) < 4.78 is 0. The number of H-pyrrole nitrogens is 1. The van der Waals surface area contributed by atoms with Gasteiger partial charge in [0.15, 0.2) is 5.69 Å². The van der Waals surface area contributed by atoms with Crippen LogP contribution in [-0.4, -0.2) is 62.5 Å². The number of rotatable bonds is 7. The molecule has 0 saturated heterocycles. The highest BCUT2D eigenvalue weighted by Gasteiger charge is 2.35. The second-order valence-electron chi connectivity index (χ2n) is 6.14. The maximum absolute atomic E-state index is 12.5. The highest BCUT2D eigenvalue weighted by atomic mass is 16.4. The minimum absolute atomic E-state index is 0.0284. The van der Waals surface area contributed by atoms with Crippen molar-refractivity contribution >= 4 is 11.9 Å². The van der Waals surface area contributed by atoms with E-state index in [1.807, 2.05) is 42.2 Å². The first-order valence-corrected chi connectivity index (χ1v) is 8.31. The zero-order chi connectivity index (χ0) is 17.8. The third-order valence-electron chi connectivity index (χ3n) is 4.52. The van der Waals surface area contributed by atoms with Crippen molar-refractivity contribution in [3.05, 3.63) is 36.0 Å². The molecule has 0 bridgehead atoms. The molecule has 0 spiro atoms. The number of hydrogen-bond acceptors (Lipinski definition) is 5. The third-order valence-corrected chi connectivity index (χ3v) is 4.52. The summed E-state index contributed by atoms with van der Waals surface area (Å²) in [6.45, 7) is 2.65. The molecule has 0 unspecified atom stereocenters. The Labute approximate surface area is 145 Å². The van der Waals surface area contributed by atoms with E-state index in [-0.39, 0.29) is 30.2 Å². The Balaban J connectivity index is 1.58. The van der Waals surface area contributed by atoms with Crippen molar-refractivity contribution in [2.75, 3.05) is 13.1 Å². The van der Waals surface area contributed by atoms with Gasteiger partial charge in [-0.3, -0.25) is 14.5 Å². The zero-order valence-corrected chi connectivity index (χ0v) is 14.0. The largest absolute Gasteiger partial charge is 0.480 e. The molecule has 1 heterocycles. The molecule has 1 aromatic carbocycles. The van der Waals surface area contributed by atoms with Crippen molar-refractivity contribution in [2.45, 2.75) is 31.8 Å². The number of nitrogens with zero attached hydrogens (tertiary/aromatic N) is 3. The van der Waals surface area contributed by atoms with E-state index in [1.54, 1.807) is 0 Å². The van der Waals surface area contributed by atoms with E-state index in [2.05, 4.69) is 20.7 Å². The van der Waals surface area contributed by atoms with E-state index < -0.39 is 5.97 Å². The molecule has 0 atom stereocenters. The van der Waals surface area contributed by atoms with Gasteiger partial charge >= 0.3 is 5.97 Å². The van der Waals surface area contributed by atoms with Crippen LogP contribution < -0.4 is 5.32 Å². The van der Waals surface area contributed by atoms with Crippen molar-refractivity contribution < 1.29 is 14.7 Å². The molecule has 1 aliphatic carbocycles. The standard InChI is InChI=1S/C17H21N5O3/c1-2-22(10-14(23)24)13-8-12(9-13)18-17(25)16-15(19-21-20-16)11-6-4-3-5-7-11/h3-7,12-13H,2,8-10H2,1H3,(H,18,25)(H,23,24)(H,19,20,21). The number of carbonyl (C=O) groups is 2.